The fourth-order valence-electron chi connectivity index (χ4n) is 3.37. The summed E-state index contributed by atoms with van der Waals surface area (Å²) in [4.78, 5) is 31.1. The van der Waals surface area contributed by atoms with Crippen LogP contribution in [0.2, 0.25) is 0 Å². The van der Waals surface area contributed by atoms with Crippen LogP contribution in [0.1, 0.15) is 44.9 Å². The number of aromatic nitrogens is 1. The second-order valence-corrected chi connectivity index (χ2v) is 6.80. The van der Waals surface area contributed by atoms with Crippen molar-refractivity contribution in [1.29, 1.82) is 0 Å². The molecule has 2 heterocycles. The first-order valence-electron chi connectivity index (χ1n) is 9.47. The highest BCUT2D eigenvalue weighted by Gasteiger charge is 2.38. The number of benzene rings is 2. The fraction of sp³-hybridized carbons (Fsp3) is 0.174. The second-order valence-electron chi connectivity index (χ2n) is 6.80. The number of carbonyl (C=O) groups is 2. The summed E-state index contributed by atoms with van der Waals surface area (Å²) in [6.45, 7) is 4.06. The third-order valence-corrected chi connectivity index (χ3v) is 4.80. The van der Waals surface area contributed by atoms with Crippen molar-refractivity contribution < 1.29 is 14.3 Å². The van der Waals surface area contributed by atoms with Crippen LogP contribution in [0.4, 0.5) is 11.5 Å². The van der Waals surface area contributed by atoms with E-state index in [0.717, 1.165) is 16.8 Å². The van der Waals surface area contributed by atoms with Crippen molar-refractivity contribution >= 4 is 23.4 Å². The Balaban J connectivity index is 1.66. The Labute approximate surface area is 169 Å². The number of rotatable bonds is 5. The van der Waals surface area contributed by atoms with Crippen LogP contribution in [-0.4, -0.2) is 23.5 Å². The number of hydrogen-bond acceptors (Lipinski definition) is 5. The van der Waals surface area contributed by atoms with Gasteiger partial charge in [0.1, 0.15) is 12.0 Å². The summed E-state index contributed by atoms with van der Waals surface area (Å²) in [6, 6.07) is 18.3. The maximum atomic E-state index is 13.1. The number of aryl methyl sites for hydroxylation is 1. The molecule has 1 aromatic heterocycles. The number of anilines is 2. The number of ether oxygens (including phenoxy) is 1. The lowest BCUT2D eigenvalue weighted by Crippen LogP contribution is -2.32. The number of esters is 1. The topological polar surface area (TPSA) is 71.5 Å². The van der Waals surface area contributed by atoms with Crippen molar-refractivity contribution in [2.45, 2.75) is 20.0 Å². The smallest absolute Gasteiger partial charge is 0.338 e. The van der Waals surface area contributed by atoms with Crippen molar-refractivity contribution in [1.82, 2.24) is 4.98 Å². The van der Waals surface area contributed by atoms with Gasteiger partial charge in [-0.15, -0.1) is 0 Å². The molecule has 0 bridgehead atoms. The molecule has 146 valence electrons. The van der Waals surface area contributed by atoms with Crippen molar-refractivity contribution in [2.75, 3.05) is 16.8 Å². The van der Waals surface area contributed by atoms with E-state index >= 15 is 0 Å². The van der Waals surface area contributed by atoms with Gasteiger partial charge in [0.25, 0.3) is 5.91 Å². The maximum absolute atomic E-state index is 13.1. The minimum atomic E-state index is -0.401. The molecule has 0 saturated heterocycles. The first-order valence-corrected chi connectivity index (χ1v) is 9.47. The Hall–Kier alpha value is -3.67. The number of pyridine rings is 1. The molecule has 0 radical (unpaired) electrons. The number of amides is 1. The predicted molar refractivity (Wildman–Crippen MR) is 111 cm³/mol. The third-order valence-electron chi connectivity index (χ3n) is 4.80. The first-order chi connectivity index (χ1) is 14.1. The van der Waals surface area contributed by atoms with Crippen LogP contribution in [0, 0.1) is 6.92 Å². The molecule has 0 fully saturated rings. The van der Waals surface area contributed by atoms with Crippen molar-refractivity contribution in [3.05, 3.63) is 89.1 Å². The largest absolute Gasteiger partial charge is 0.462 e. The van der Waals surface area contributed by atoms with E-state index in [9.17, 15) is 9.59 Å². The molecule has 1 aliphatic heterocycles. The van der Waals surface area contributed by atoms with E-state index in [1.54, 1.807) is 42.3 Å². The van der Waals surface area contributed by atoms with Crippen molar-refractivity contribution in [2.24, 2.45) is 0 Å². The molecule has 1 amide bonds. The van der Waals surface area contributed by atoms with Crippen LogP contribution in [0.25, 0.3) is 0 Å². The molecule has 29 heavy (non-hydrogen) atoms. The second kappa shape index (κ2) is 7.75. The summed E-state index contributed by atoms with van der Waals surface area (Å²) in [5.41, 5.74) is 3.82. The van der Waals surface area contributed by atoms with Gasteiger partial charge >= 0.3 is 5.97 Å². The Morgan fingerprint density at radius 3 is 2.55 bits per heavy atom. The zero-order valence-electron chi connectivity index (χ0n) is 16.3. The van der Waals surface area contributed by atoms with E-state index < -0.39 is 6.17 Å². The molecule has 0 spiro atoms. The van der Waals surface area contributed by atoms with Crippen LogP contribution in [0.3, 0.4) is 0 Å². The minimum Gasteiger partial charge on any atom is -0.462 e. The van der Waals surface area contributed by atoms with Crippen molar-refractivity contribution in [3.8, 4) is 0 Å². The molecular weight excluding hydrogens is 366 g/mol. The lowest BCUT2D eigenvalue weighted by Gasteiger charge is -2.26. The van der Waals surface area contributed by atoms with Gasteiger partial charge in [-0.2, -0.15) is 0 Å². The lowest BCUT2D eigenvalue weighted by molar-refractivity contribution is 0.0526. The van der Waals surface area contributed by atoms with Crippen LogP contribution in [0.15, 0.2) is 66.9 Å². The predicted octanol–water partition coefficient (Wildman–Crippen LogP) is 4.34. The normalized spacial score (nSPS) is 15.2. The molecule has 3 aromatic rings. The average Bonchev–Trinajstić information content (AvgIpc) is 3.01. The quantitative estimate of drug-likeness (QED) is 0.660. The Kier molecular flexibility index (Phi) is 4.99. The van der Waals surface area contributed by atoms with E-state index in [4.69, 9.17) is 4.74 Å². The summed E-state index contributed by atoms with van der Waals surface area (Å²) < 4.78 is 5.03. The molecule has 1 aliphatic rings. The minimum absolute atomic E-state index is 0.0994. The van der Waals surface area contributed by atoms with E-state index in [-0.39, 0.29) is 11.9 Å². The van der Waals surface area contributed by atoms with Crippen LogP contribution in [0.5, 0.6) is 0 Å². The molecule has 4 rings (SSSR count). The molecule has 0 unspecified atom stereocenters. The SMILES string of the molecule is CCOC(=O)c1ccc(N[C@@H]2c3ccccc3C(=O)N2c2ccc(C)cn2)cc1. The number of carbonyl (C=O) groups excluding carboxylic acids is 2. The zero-order chi connectivity index (χ0) is 20.4. The zero-order valence-corrected chi connectivity index (χ0v) is 16.3. The fourth-order valence-corrected chi connectivity index (χ4v) is 3.37. The van der Waals surface area contributed by atoms with Gasteiger partial charge in [0, 0.05) is 23.0 Å². The van der Waals surface area contributed by atoms with Crippen LogP contribution < -0.4 is 10.2 Å². The summed E-state index contributed by atoms with van der Waals surface area (Å²) in [5, 5.41) is 3.40. The highest BCUT2D eigenvalue weighted by atomic mass is 16.5. The number of nitrogens with zero attached hydrogens (tertiary/aromatic N) is 2. The van der Waals surface area contributed by atoms with Gasteiger partial charge in [-0.1, -0.05) is 24.3 Å². The van der Waals surface area contributed by atoms with Gasteiger partial charge in [-0.3, -0.25) is 9.69 Å². The van der Waals surface area contributed by atoms with E-state index in [2.05, 4.69) is 10.3 Å². The van der Waals surface area contributed by atoms with Gasteiger partial charge in [-0.05, 0) is 55.8 Å². The molecule has 1 atom stereocenters. The summed E-state index contributed by atoms with van der Waals surface area (Å²) in [6.07, 6.45) is 1.35. The van der Waals surface area contributed by atoms with Gasteiger partial charge in [-0.25, -0.2) is 9.78 Å². The summed E-state index contributed by atoms with van der Waals surface area (Å²) in [5.74, 6) is 0.126. The molecule has 0 saturated carbocycles. The van der Waals surface area contributed by atoms with Gasteiger partial charge in [0.2, 0.25) is 0 Å². The highest BCUT2D eigenvalue weighted by molar-refractivity contribution is 6.11. The number of hydrogen-bond donors (Lipinski definition) is 1. The highest BCUT2D eigenvalue weighted by Crippen LogP contribution is 2.37. The Bertz CT molecular complexity index is 1050. The molecule has 6 nitrogen and oxygen atoms in total. The number of nitrogens with one attached hydrogen (secondary N) is 1. The average molecular weight is 387 g/mol. The summed E-state index contributed by atoms with van der Waals surface area (Å²) >= 11 is 0. The Morgan fingerprint density at radius 1 is 1.10 bits per heavy atom. The molecule has 0 aliphatic carbocycles. The molecule has 6 heteroatoms. The van der Waals surface area contributed by atoms with Gasteiger partial charge in [0.05, 0.1) is 12.2 Å². The van der Waals surface area contributed by atoms with E-state index in [1.165, 1.54) is 0 Å². The van der Waals surface area contributed by atoms with E-state index in [0.29, 0.717) is 23.6 Å². The first kappa shape index (κ1) is 18.7. The van der Waals surface area contributed by atoms with Crippen molar-refractivity contribution in [3.63, 3.8) is 0 Å². The number of fused-ring (bicyclic) bond motifs is 1. The standard InChI is InChI=1S/C23H21N3O3/c1-3-29-23(28)16-9-11-17(12-10-16)25-21-18-6-4-5-7-19(18)22(27)26(21)20-13-8-15(2)14-24-20/h4-14,21,25H,3H2,1-2H3/t21-/m0/s1. The third kappa shape index (κ3) is 3.57. The Morgan fingerprint density at radius 2 is 1.86 bits per heavy atom. The van der Waals surface area contributed by atoms with Crippen LogP contribution >= 0.6 is 0 Å². The monoisotopic (exact) mass is 387 g/mol. The molecule has 1 N–H and O–H groups in total. The lowest BCUT2D eigenvalue weighted by atomic mass is 10.1. The summed E-state index contributed by atoms with van der Waals surface area (Å²) in [7, 11) is 0. The molecular formula is C23H21N3O3. The maximum Gasteiger partial charge on any atom is 0.338 e. The van der Waals surface area contributed by atoms with Gasteiger partial charge in [0.15, 0.2) is 0 Å². The van der Waals surface area contributed by atoms with Crippen LogP contribution in [-0.2, 0) is 4.74 Å². The van der Waals surface area contributed by atoms with Gasteiger partial charge < -0.3 is 10.1 Å². The molecule has 2 aromatic carbocycles. The van der Waals surface area contributed by atoms with E-state index in [1.807, 2.05) is 43.3 Å².